The summed E-state index contributed by atoms with van der Waals surface area (Å²) in [6.45, 7) is 3.60. The minimum absolute atomic E-state index is 0.00972. The van der Waals surface area contributed by atoms with Crippen molar-refractivity contribution in [3.63, 3.8) is 0 Å². The van der Waals surface area contributed by atoms with E-state index in [9.17, 15) is 13.2 Å². The van der Waals surface area contributed by atoms with Gasteiger partial charge in [-0.3, -0.25) is 9.52 Å². The molecule has 0 aliphatic carbocycles. The van der Waals surface area contributed by atoms with Crippen LogP contribution in [0.1, 0.15) is 19.4 Å². The number of fused-ring (bicyclic) bond motifs is 1. The van der Waals surface area contributed by atoms with Crippen molar-refractivity contribution >= 4 is 44.5 Å². The molecule has 1 amide bonds. The first-order valence-corrected chi connectivity index (χ1v) is 10.1. The van der Waals surface area contributed by atoms with Crippen LogP contribution in [0.25, 0.3) is 5.57 Å². The van der Waals surface area contributed by atoms with Crippen molar-refractivity contribution in [2.45, 2.75) is 18.7 Å². The second-order valence-electron chi connectivity index (χ2n) is 6.33. The van der Waals surface area contributed by atoms with E-state index in [0.29, 0.717) is 22.6 Å². The fourth-order valence-electron chi connectivity index (χ4n) is 2.95. The summed E-state index contributed by atoms with van der Waals surface area (Å²) in [5.41, 5.74) is 2.56. The van der Waals surface area contributed by atoms with E-state index in [1.807, 2.05) is 0 Å². The molecule has 0 atom stereocenters. The number of benzene rings is 2. The number of hydrogen-bond donors (Lipinski definition) is 2. The molecule has 0 aromatic heterocycles. The van der Waals surface area contributed by atoms with E-state index in [2.05, 4.69) is 10.0 Å². The van der Waals surface area contributed by atoms with Crippen LogP contribution in [0.15, 0.2) is 40.8 Å². The lowest BCUT2D eigenvalue weighted by Gasteiger charge is -2.14. The number of amides is 1. The van der Waals surface area contributed by atoms with Gasteiger partial charge in [0.05, 0.1) is 29.8 Å². The third kappa shape index (κ3) is 3.53. The van der Waals surface area contributed by atoms with Crippen molar-refractivity contribution in [1.82, 2.24) is 0 Å². The summed E-state index contributed by atoms with van der Waals surface area (Å²) in [4.78, 5) is 12.1. The number of ether oxygens (including phenoxy) is 2. The Bertz CT molecular complexity index is 1110. The second kappa shape index (κ2) is 7.37. The van der Waals surface area contributed by atoms with E-state index < -0.39 is 10.0 Å². The predicted octanol–water partition coefficient (Wildman–Crippen LogP) is 3.90. The van der Waals surface area contributed by atoms with Crippen LogP contribution in [0.4, 0.5) is 11.4 Å². The summed E-state index contributed by atoms with van der Waals surface area (Å²) in [5, 5.41) is 2.97. The van der Waals surface area contributed by atoms with E-state index in [4.69, 9.17) is 21.1 Å². The largest absolute Gasteiger partial charge is 0.495 e. The van der Waals surface area contributed by atoms with Gasteiger partial charge in [0.2, 0.25) is 0 Å². The predicted molar refractivity (Wildman–Crippen MR) is 109 cm³/mol. The SMILES string of the molecule is COc1cc(OC)c(NS(=O)(=O)c2ccc3c(c2)C(=C(C)C)C(=O)N3)cc1Cl. The first-order valence-electron chi connectivity index (χ1n) is 8.25. The van der Waals surface area contributed by atoms with Gasteiger partial charge in [0.25, 0.3) is 15.9 Å². The lowest BCUT2D eigenvalue weighted by Crippen LogP contribution is -2.14. The van der Waals surface area contributed by atoms with Crippen molar-refractivity contribution < 1.29 is 22.7 Å². The van der Waals surface area contributed by atoms with Crippen LogP contribution in [0.3, 0.4) is 0 Å². The molecule has 28 heavy (non-hydrogen) atoms. The first-order chi connectivity index (χ1) is 13.2. The van der Waals surface area contributed by atoms with Gasteiger partial charge in [-0.15, -0.1) is 0 Å². The minimum atomic E-state index is -3.96. The minimum Gasteiger partial charge on any atom is -0.495 e. The van der Waals surface area contributed by atoms with Crippen LogP contribution in [-0.4, -0.2) is 28.5 Å². The van der Waals surface area contributed by atoms with Crippen molar-refractivity contribution in [2.75, 3.05) is 24.3 Å². The molecule has 7 nitrogen and oxygen atoms in total. The standard InChI is InChI=1S/C19H19ClN2O5S/c1-10(2)18-12-7-11(5-6-14(12)21-19(18)23)28(24,25)22-15-8-13(20)16(26-3)9-17(15)27-4/h5-9,22H,1-4H3,(H,21,23). The van der Waals surface area contributed by atoms with Gasteiger partial charge in [-0.05, 0) is 38.1 Å². The number of halogens is 1. The van der Waals surface area contributed by atoms with Crippen LogP contribution >= 0.6 is 11.6 Å². The first kappa shape index (κ1) is 20.0. The van der Waals surface area contributed by atoms with Crippen molar-refractivity contribution in [2.24, 2.45) is 0 Å². The van der Waals surface area contributed by atoms with E-state index in [1.165, 1.54) is 38.5 Å². The summed E-state index contributed by atoms with van der Waals surface area (Å²) >= 11 is 6.11. The van der Waals surface area contributed by atoms with E-state index >= 15 is 0 Å². The molecule has 0 radical (unpaired) electrons. The molecule has 0 unspecified atom stereocenters. The monoisotopic (exact) mass is 422 g/mol. The molecule has 3 rings (SSSR count). The summed E-state index contributed by atoms with van der Waals surface area (Å²) in [7, 11) is -1.10. The highest BCUT2D eigenvalue weighted by atomic mass is 35.5. The maximum absolute atomic E-state index is 12.9. The van der Waals surface area contributed by atoms with E-state index in [1.54, 1.807) is 19.9 Å². The molecule has 0 fully saturated rings. The molecule has 2 aromatic carbocycles. The summed E-state index contributed by atoms with van der Waals surface area (Å²) in [5.74, 6) is 0.366. The molecule has 1 heterocycles. The van der Waals surface area contributed by atoms with Crippen LogP contribution in [-0.2, 0) is 14.8 Å². The molecular weight excluding hydrogens is 404 g/mol. The van der Waals surface area contributed by atoms with Gasteiger partial charge in [-0.1, -0.05) is 17.2 Å². The average molecular weight is 423 g/mol. The quantitative estimate of drug-likeness (QED) is 0.712. The molecule has 0 spiro atoms. The number of rotatable bonds is 5. The molecule has 9 heteroatoms. The maximum Gasteiger partial charge on any atom is 0.262 e. The van der Waals surface area contributed by atoms with Gasteiger partial charge in [0.1, 0.15) is 11.5 Å². The highest BCUT2D eigenvalue weighted by Crippen LogP contribution is 2.38. The molecule has 1 aliphatic rings. The van der Waals surface area contributed by atoms with E-state index in [-0.39, 0.29) is 27.3 Å². The number of methoxy groups -OCH3 is 2. The lowest BCUT2D eigenvalue weighted by atomic mass is 10.0. The zero-order valence-corrected chi connectivity index (χ0v) is 17.3. The zero-order chi connectivity index (χ0) is 20.6. The number of sulfonamides is 1. The molecule has 2 N–H and O–H groups in total. The van der Waals surface area contributed by atoms with Crippen LogP contribution in [0, 0.1) is 0 Å². The maximum atomic E-state index is 12.9. The molecule has 2 aromatic rings. The van der Waals surface area contributed by atoms with Crippen molar-refractivity contribution in [1.29, 1.82) is 0 Å². The Morgan fingerprint density at radius 3 is 2.36 bits per heavy atom. The Kier molecular flexibility index (Phi) is 5.27. The number of carbonyl (C=O) groups is 1. The number of anilines is 2. The third-order valence-corrected chi connectivity index (χ3v) is 5.92. The molecule has 1 aliphatic heterocycles. The highest BCUT2D eigenvalue weighted by molar-refractivity contribution is 7.92. The molecule has 0 saturated carbocycles. The third-order valence-electron chi connectivity index (χ3n) is 4.26. The lowest BCUT2D eigenvalue weighted by molar-refractivity contribution is -0.110. The van der Waals surface area contributed by atoms with Crippen LogP contribution in [0.2, 0.25) is 5.02 Å². The zero-order valence-electron chi connectivity index (χ0n) is 15.7. The van der Waals surface area contributed by atoms with Gasteiger partial charge >= 0.3 is 0 Å². The fourth-order valence-corrected chi connectivity index (χ4v) is 4.28. The number of allylic oxidation sites excluding steroid dienone is 1. The number of carbonyl (C=O) groups excluding carboxylic acids is 1. The van der Waals surface area contributed by atoms with Gasteiger partial charge in [-0.25, -0.2) is 8.42 Å². The Hall–Kier alpha value is -2.71. The summed E-state index contributed by atoms with van der Waals surface area (Å²) < 4.78 is 38.7. The topological polar surface area (TPSA) is 93.7 Å². The summed E-state index contributed by atoms with van der Waals surface area (Å²) in [6, 6.07) is 7.36. The summed E-state index contributed by atoms with van der Waals surface area (Å²) in [6.07, 6.45) is 0. The van der Waals surface area contributed by atoms with Crippen LogP contribution in [0.5, 0.6) is 11.5 Å². The van der Waals surface area contributed by atoms with E-state index in [0.717, 1.165) is 5.57 Å². The van der Waals surface area contributed by atoms with Crippen LogP contribution < -0.4 is 19.5 Å². The fraction of sp³-hybridized carbons (Fsp3) is 0.211. The Morgan fingerprint density at radius 1 is 1.07 bits per heavy atom. The molecular formula is C19H19ClN2O5S. The normalized spacial score (nSPS) is 13.0. The number of nitrogens with one attached hydrogen (secondary N) is 2. The Balaban J connectivity index is 2.03. The van der Waals surface area contributed by atoms with Gasteiger partial charge < -0.3 is 14.8 Å². The average Bonchev–Trinajstić information content (AvgIpc) is 2.96. The Labute approximate surface area is 168 Å². The molecule has 0 saturated heterocycles. The smallest absolute Gasteiger partial charge is 0.262 e. The molecule has 148 valence electrons. The van der Waals surface area contributed by atoms with Gasteiger partial charge in [-0.2, -0.15) is 0 Å². The molecule has 0 bridgehead atoms. The number of hydrogen-bond acceptors (Lipinski definition) is 5. The van der Waals surface area contributed by atoms with Crippen molar-refractivity contribution in [3.8, 4) is 11.5 Å². The highest BCUT2D eigenvalue weighted by Gasteiger charge is 2.28. The van der Waals surface area contributed by atoms with Crippen molar-refractivity contribution in [3.05, 3.63) is 46.5 Å². The van der Waals surface area contributed by atoms with Gasteiger partial charge in [0.15, 0.2) is 0 Å². The van der Waals surface area contributed by atoms with Gasteiger partial charge in [0, 0.05) is 22.9 Å². The second-order valence-corrected chi connectivity index (χ2v) is 8.42. The Morgan fingerprint density at radius 2 is 1.75 bits per heavy atom.